The van der Waals surface area contributed by atoms with Crippen LogP contribution in [0.25, 0.3) is 0 Å². The van der Waals surface area contributed by atoms with Crippen molar-refractivity contribution in [3.63, 3.8) is 0 Å². The molecule has 0 aromatic heterocycles. The molecule has 0 spiro atoms. The second-order valence-electron chi connectivity index (χ2n) is 6.28. The van der Waals surface area contributed by atoms with Gasteiger partial charge in [0.25, 0.3) is 0 Å². The van der Waals surface area contributed by atoms with E-state index >= 15 is 0 Å². The van der Waals surface area contributed by atoms with Gasteiger partial charge in [0.05, 0.1) is 7.11 Å². The Labute approximate surface area is 148 Å². The minimum absolute atomic E-state index is 0.0595. The van der Waals surface area contributed by atoms with E-state index in [1.54, 1.807) is 19.2 Å². The Hall–Kier alpha value is -2.05. The molecule has 1 N–H and O–H groups in total. The number of aliphatic imine (C=N–C) groups is 1. The van der Waals surface area contributed by atoms with Crippen LogP contribution < -0.4 is 14.8 Å². The molecule has 7 heteroatoms. The molecule has 1 aromatic carbocycles. The molecule has 5 nitrogen and oxygen atoms in total. The predicted molar refractivity (Wildman–Crippen MR) is 94.7 cm³/mol. The number of hydrogen-bond donors (Lipinski definition) is 1. The predicted octanol–water partition coefficient (Wildman–Crippen LogP) is 3.15. The van der Waals surface area contributed by atoms with Gasteiger partial charge in [0.15, 0.2) is 17.5 Å². The lowest BCUT2D eigenvalue weighted by Crippen LogP contribution is -2.46. The summed E-state index contributed by atoms with van der Waals surface area (Å²) in [7, 11) is 3.21. The van der Waals surface area contributed by atoms with Gasteiger partial charge in [0.1, 0.15) is 0 Å². The summed E-state index contributed by atoms with van der Waals surface area (Å²) in [5.41, 5.74) is 0.895. The van der Waals surface area contributed by atoms with E-state index < -0.39 is 6.61 Å². The summed E-state index contributed by atoms with van der Waals surface area (Å²) in [5, 5.41) is 3.35. The lowest BCUT2D eigenvalue weighted by molar-refractivity contribution is -0.0512. The fourth-order valence-electron chi connectivity index (χ4n) is 3.10. The molecule has 1 aliphatic rings. The van der Waals surface area contributed by atoms with Crippen molar-refractivity contribution in [3.8, 4) is 11.5 Å². The van der Waals surface area contributed by atoms with Crippen molar-refractivity contribution in [1.82, 2.24) is 10.2 Å². The van der Waals surface area contributed by atoms with Gasteiger partial charge in [-0.05, 0) is 42.9 Å². The molecular formula is C18H27F2N3O2. The van der Waals surface area contributed by atoms with Crippen molar-refractivity contribution in [3.05, 3.63) is 23.8 Å². The molecule has 0 saturated carbocycles. The average molecular weight is 355 g/mol. The Morgan fingerprint density at radius 3 is 2.84 bits per heavy atom. The first-order valence-electron chi connectivity index (χ1n) is 8.60. The number of nitrogens with zero attached hydrogens (tertiary/aromatic N) is 2. The average Bonchev–Trinajstić information content (AvgIpc) is 2.58. The molecule has 2 rings (SSSR count). The Morgan fingerprint density at radius 1 is 1.40 bits per heavy atom. The van der Waals surface area contributed by atoms with E-state index in [0.717, 1.165) is 24.6 Å². The monoisotopic (exact) mass is 355 g/mol. The van der Waals surface area contributed by atoms with Gasteiger partial charge in [-0.25, -0.2) is 0 Å². The van der Waals surface area contributed by atoms with Crippen LogP contribution in [0, 0.1) is 5.92 Å². The van der Waals surface area contributed by atoms with Gasteiger partial charge in [-0.2, -0.15) is 8.78 Å². The van der Waals surface area contributed by atoms with Crippen LogP contribution in [0.5, 0.6) is 11.5 Å². The lowest BCUT2D eigenvalue weighted by Gasteiger charge is -2.33. The molecule has 1 heterocycles. The van der Waals surface area contributed by atoms with Gasteiger partial charge in [0, 0.05) is 26.7 Å². The van der Waals surface area contributed by atoms with Crippen molar-refractivity contribution in [2.24, 2.45) is 10.9 Å². The number of nitrogens with one attached hydrogen (secondary N) is 1. The van der Waals surface area contributed by atoms with Crippen molar-refractivity contribution in [2.45, 2.75) is 32.8 Å². The zero-order chi connectivity index (χ0) is 18.2. The Kier molecular flexibility index (Phi) is 7.28. The van der Waals surface area contributed by atoms with Crippen LogP contribution in [-0.2, 0) is 6.42 Å². The number of ether oxygens (including phenoxy) is 2. The van der Waals surface area contributed by atoms with E-state index in [4.69, 9.17) is 4.74 Å². The molecule has 1 saturated heterocycles. The Bertz CT molecular complexity index is 581. The summed E-state index contributed by atoms with van der Waals surface area (Å²) in [6, 6.07) is 5.09. The molecule has 1 fully saturated rings. The maximum absolute atomic E-state index is 12.5. The molecule has 140 valence electrons. The quantitative estimate of drug-likeness (QED) is 0.629. The van der Waals surface area contributed by atoms with Crippen molar-refractivity contribution < 1.29 is 18.3 Å². The maximum Gasteiger partial charge on any atom is 0.387 e. The van der Waals surface area contributed by atoms with E-state index in [9.17, 15) is 8.78 Å². The number of benzene rings is 1. The highest BCUT2D eigenvalue weighted by Crippen LogP contribution is 2.29. The minimum Gasteiger partial charge on any atom is -0.493 e. The fraction of sp³-hybridized carbons (Fsp3) is 0.611. The van der Waals surface area contributed by atoms with Crippen molar-refractivity contribution >= 4 is 5.96 Å². The van der Waals surface area contributed by atoms with Crippen molar-refractivity contribution in [1.29, 1.82) is 0 Å². The van der Waals surface area contributed by atoms with Crippen molar-refractivity contribution in [2.75, 3.05) is 33.8 Å². The summed E-state index contributed by atoms with van der Waals surface area (Å²) in [6.07, 6.45) is 3.10. The number of hydrogen-bond acceptors (Lipinski definition) is 3. The summed E-state index contributed by atoms with van der Waals surface area (Å²) in [6.45, 7) is 2.06. The fourth-order valence-corrected chi connectivity index (χ4v) is 3.10. The largest absolute Gasteiger partial charge is 0.493 e. The number of halogens is 2. The number of piperidine rings is 1. The van der Waals surface area contributed by atoms with E-state index in [1.165, 1.54) is 20.0 Å². The molecule has 1 aliphatic heterocycles. The molecule has 25 heavy (non-hydrogen) atoms. The zero-order valence-electron chi connectivity index (χ0n) is 15.1. The van der Waals surface area contributed by atoms with E-state index in [1.807, 2.05) is 6.07 Å². The topological polar surface area (TPSA) is 46.1 Å². The third-order valence-corrected chi connectivity index (χ3v) is 4.31. The summed E-state index contributed by atoms with van der Waals surface area (Å²) < 4.78 is 34.6. The minimum atomic E-state index is -2.87. The van der Waals surface area contributed by atoms with Gasteiger partial charge in [0.2, 0.25) is 0 Å². The molecule has 1 unspecified atom stereocenters. The number of alkyl halides is 2. The maximum atomic E-state index is 12.5. The van der Waals surface area contributed by atoms with Gasteiger partial charge in [-0.15, -0.1) is 0 Å². The highest BCUT2D eigenvalue weighted by molar-refractivity contribution is 5.80. The van der Waals surface area contributed by atoms with Crippen LogP contribution >= 0.6 is 0 Å². The van der Waals surface area contributed by atoms with Crippen LogP contribution in [0.4, 0.5) is 8.78 Å². The SMILES string of the molecule is CN=C(NCCc1ccc(OC)c(OC(F)F)c1)N1CCCC(C)C1. The number of likely N-dealkylation sites (tertiary alicyclic amines) is 1. The molecule has 0 bridgehead atoms. The second kappa shape index (κ2) is 9.44. The highest BCUT2D eigenvalue weighted by Gasteiger charge is 2.19. The highest BCUT2D eigenvalue weighted by atomic mass is 19.3. The molecule has 0 radical (unpaired) electrons. The molecule has 1 aromatic rings. The summed E-state index contributed by atoms with van der Waals surface area (Å²) in [4.78, 5) is 6.62. The van der Waals surface area contributed by atoms with E-state index in [-0.39, 0.29) is 5.75 Å². The van der Waals surface area contributed by atoms with Crippen LogP contribution in [0.3, 0.4) is 0 Å². The van der Waals surface area contributed by atoms with Crippen LogP contribution in [0.15, 0.2) is 23.2 Å². The second-order valence-corrected chi connectivity index (χ2v) is 6.28. The molecule has 0 aliphatic carbocycles. The Balaban J connectivity index is 1.91. The van der Waals surface area contributed by atoms with E-state index in [0.29, 0.717) is 24.6 Å². The van der Waals surface area contributed by atoms with Gasteiger partial charge in [-0.1, -0.05) is 13.0 Å². The normalized spacial score (nSPS) is 18.4. The van der Waals surface area contributed by atoms with Gasteiger partial charge < -0.3 is 19.7 Å². The summed E-state index contributed by atoms with van der Waals surface area (Å²) >= 11 is 0. The number of guanidine groups is 1. The molecule has 0 amide bonds. The first kappa shape index (κ1) is 19.3. The molecule has 1 atom stereocenters. The number of methoxy groups -OCH3 is 1. The van der Waals surface area contributed by atoms with Crippen LogP contribution in [0.2, 0.25) is 0 Å². The van der Waals surface area contributed by atoms with Gasteiger partial charge >= 0.3 is 6.61 Å². The third-order valence-electron chi connectivity index (χ3n) is 4.31. The first-order chi connectivity index (χ1) is 12.0. The third kappa shape index (κ3) is 5.76. The first-order valence-corrected chi connectivity index (χ1v) is 8.60. The van der Waals surface area contributed by atoms with E-state index in [2.05, 4.69) is 26.9 Å². The van der Waals surface area contributed by atoms with Gasteiger partial charge in [-0.3, -0.25) is 4.99 Å². The van der Waals surface area contributed by atoms with Crippen LogP contribution in [-0.4, -0.2) is 51.3 Å². The summed E-state index contributed by atoms with van der Waals surface area (Å²) in [5.74, 6) is 1.92. The Morgan fingerprint density at radius 2 is 2.20 bits per heavy atom. The zero-order valence-corrected chi connectivity index (χ0v) is 15.1. The van der Waals surface area contributed by atoms with Crippen LogP contribution in [0.1, 0.15) is 25.3 Å². The standard InChI is InChI=1S/C18H27F2N3O2/c1-13-5-4-10-23(12-13)18(21-2)22-9-8-14-6-7-15(24-3)16(11-14)25-17(19)20/h6-7,11,13,17H,4-5,8-10,12H2,1-3H3,(H,21,22). The smallest absolute Gasteiger partial charge is 0.387 e. The lowest BCUT2D eigenvalue weighted by atomic mass is 10.0. The number of rotatable bonds is 6. The molecular weight excluding hydrogens is 328 g/mol.